The van der Waals surface area contributed by atoms with Crippen LogP contribution in [0.3, 0.4) is 0 Å². The largest absolute Gasteiger partial charge is 0.497 e. The molecule has 0 radical (unpaired) electrons. The predicted octanol–water partition coefficient (Wildman–Crippen LogP) is 3.68. The Labute approximate surface area is 98.6 Å². The van der Waals surface area contributed by atoms with Crippen LogP contribution in [0.25, 0.3) is 0 Å². The van der Waals surface area contributed by atoms with Gasteiger partial charge in [-0.1, -0.05) is 20.8 Å². The zero-order valence-electron chi connectivity index (χ0n) is 11.0. The molecule has 1 aromatic carbocycles. The topological polar surface area (TPSA) is 18.5 Å². The summed E-state index contributed by atoms with van der Waals surface area (Å²) in [5, 5.41) is 0. The quantitative estimate of drug-likeness (QED) is 0.773. The summed E-state index contributed by atoms with van der Waals surface area (Å²) in [7, 11) is 3.40. The van der Waals surface area contributed by atoms with Gasteiger partial charge in [0.05, 0.1) is 14.2 Å². The molecule has 0 aliphatic heterocycles. The predicted molar refractivity (Wildman–Crippen MR) is 67.3 cm³/mol. The van der Waals surface area contributed by atoms with Crippen LogP contribution in [0.15, 0.2) is 18.2 Å². The molecule has 0 aliphatic carbocycles. The first-order valence-corrected chi connectivity index (χ1v) is 5.67. The maximum absolute atomic E-state index is 5.35. The van der Waals surface area contributed by atoms with Crippen LogP contribution in [-0.2, 0) is 6.42 Å². The molecule has 0 spiro atoms. The number of aryl methyl sites for hydroxylation is 1. The van der Waals surface area contributed by atoms with Crippen molar-refractivity contribution in [2.24, 2.45) is 5.41 Å². The second-order valence-electron chi connectivity index (χ2n) is 5.24. The molecule has 0 fully saturated rings. The van der Waals surface area contributed by atoms with Crippen molar-refractivity contribution >= 4 is 0 Å². The lowest BCUT2D eigenvalue weighted by Gasteiger charge is -2.19. The van der Waals surface area contributed by atoms with E-state index in [0.717, 1.165) is 24.3 Å². The SMILES string of the molecule is COc1ccc(OC)c(CCC(C)(C)C)c1. The maximum Gasteiger partial charge on any atom is 0.122 e. The highest BCUT2D eigenvalue weighted by Gasteiger charge is 2.12. The van der Waals surface area contributed by atoms with Crippen molar-refractivity contribution in [2.75, 3.05) is 14.2 Å². The third kappa shape index (κ3) is 3.76. The van der Waals surface area contributed by atoms with Gasteiger partial charge in [0.2, 0.25) is 0 Å². The van der Waals surface area contributed by atoms with Gasteiger partial charge >= 0.3 is 0 Å². The first kappa shape index (κ1) is 12.9. The smallest absolute Gasteiger partial charge is 0.122 e. The molecule has 16 heavy (non-hydrogen) atoms. The van der Waals surface area contributed by atoms with E-state index < -0.39 is 0 Å². The van der Waals surface area contributed by atoms with Crippen molar-refractivity contribution in [3.05, 3.63) is 23.8 Å². The van der Waals surface area contributed by atoms with Gasteiger partial charge in [-0.25, -0.2) is 0 Å². The van der Waals surface area contributed by atoms with Gasteiger partial charge in [0.25, 0.3) is 0 Å². The van der Waals surface area contributed by atoms with Crippen molar-refractivity contribution in [2.45, 2.75) is 33.6 Å². The molecule has 0 amide bonds. The highest BCUT2D eigenvalue weighted by atomic mass is 16.5. The summed E-state index contributed by atoms with van der Waals surface area (Å²) in [5.74, 6) is 1.84. The fourth-order valence-corrected chi connectivity index (χ4v) is 1.59. The van der Waals surface area contributed by atoms with E-state index >= 15 is 0 Å². The molecule has 2 nitrogen and oxygen atoms in total. The second kappa shape index (κ2) is 5.24. The average molecular weight is 222 g/mol. The van der Waals surface area contributed by atoms with Gasteiger partial charge in [-0.3, -0.25) is 0 Å². The summed E-state index contributed by atoms with van der Waals surface area (Å²) in [6, 6.07) is 5.96. The van der Waals surface area contributed by atoms with E-state index in [1.807, 2.05) is 12.1 Å². The molecule has 0 saturated carbocycles. The van der Waals surface area contributed by atoms with Crippen LogP contribution in [0.1, 0.15) is 32.8 Å². The maximum atomic E-state index is 5.35. The van der Waals surface area contributed by atoms with Gasteiger partial charge in [0.15, 0.2) is 0 Å². The molecule has 0 saturated heterocycles. The number of ether oxygens (including phenoxy) is 2. The zero-order valence-corrected chi connectivity index (χ0v) is 11.0. The third-order valence-corrected chi connectivity index (χ3v) is 2.63. The van der Waals surface area contributed by atoms with Crippen LogP contribution >= 0.6 is 0 Å². The van der Waals surface area contributed by atoms with Crippen LogP contribution in [0.5, 0.6) is 11.5 Å². The molecule has 90 valence electrons. The Balaban J connectivity index is 2.83. The fourth-order valence-electron chi connectivity index (χ4n) is 1.59. The van der Waals surface area contributed by atoms with Crippen molar-refractivity contribution in [3.8, 4) is 11.5 Å². The van der Waals surface area contributed by atoms with E-state index in [1.165, 1.54) is 5.56 Å². The summed E-state index contributed by atoms with van der Waals surface area (Å²) in [6.45, 7) is 6.75. The number of rotatable bonds is 4. The van der Waals surface area contributed by atoms with Gasteiger partial charge in [-0.05, 0) is 42.0 Å². The molecular weight excluding hydrogens is 200 g/mol. The van der Waals surface area contributed by atoms with E-state index in [4.69, 9.17) is 9.47 Å². The number of hydrogen-bond donors (Lipinski definition) is 0. The fraction of sp³-hybridized carbons (Fsp3) is 0.571. The Morgan fingerprint density at radius 3 is 2.25 bits per heavy atom. The number of methoxy groups -OCH3 is 2. The van der Waals surface area contributed by atoms with Crippen LogP contribution in [0, 0.1) is 5.41 Å². The standard InChI is InChI=1S/C14H22O2/c1-14(2,3)9-8-11-10-12(15-4)6-7-13(11)16-5/h6-7,10H,8-9H2,1-5H3. The van der Waals surface area contributed by atoms with Crippen molar-refractivity contribution in [1.82, 2.24) is 0 Å². The zero-order chi connectivity index (χ0) is 12.2. The molecule has 0 aliphatic rings. The van der Waals surface area contributed by atoms with E-state index in [0.29, 0.717) is 5.41 Å². The summed E-state index contributed by atoms with van der Waals surface area (Å²) in [6.07, 6.45) is 2.15. The van der Waals surface area contributed by atoms with Crippen molar-refractivity contribution < 1.29 is 9.47 Å². The Kier molecular flexibility index (Phi) is 4.22. The minimum Gasteiger partial charge on any atom is -0.497 e. The molecule has 0 atom stereocenters. The van der Waals surface area contributed by atoms with Gasteiger partial charge in [0, 0.05) is 0 Å². The first-order valence-electron chi connectivity index (χ1n) is 5.67. The van der Waals surface area contributed by atoms with E-state index in [-0.39, 0.29) is 0 Å². The second-order valence-corrected chi connectivity index (χ2v) is 5.24. The molecule has 0 aromatic heterocycles. The summed E-state index contributed by atoms with van der Waals surface area (Å²) in [5.41, 5.74) is 1.56. The molecule has 0 bridgehead atoms. The molecular formula is C14H22O2. The lowest BCUT2D eigenvalue weighted by molar-refractivity contribution is 0.366. The third-order valence-electron chi connectivity index (χ3n) is 2.63. The van der Waals surface area contributed by atoms with Crippen molar-refractivity contribution in [3.63, 3.8) is 0 Å². The van der Waals surface area contributed by atoms with Crippen LogP contribution in [-0.4, -0.2) is 14.2 Å². The molecule has 0 N–H and O–H groups in total. The Hall–Kier alpha value is -1.18. The molecule has 0 heterocycles. The van der Waals surface area contributed by atoms with Crippen molar-refractivity contribution in [1.29, 1.82) is 0 Å². The monoisotopic (exact) mass is 222 g/mol. The Morgan fingerprint density at radius 1 is 1.06 bits per heavy atom. The molecule has 0 unspecified atom stereocenters. The van der Waals surface area contributed by atoms with Gasteiger partial charge < -0.3 is 9.47 Å². The van der Waals surface area contributed by atoms with Gasteiger partial charge in [-0.2, -0.15) is 0 Å². The average Bonchev–Trinajstić information content (AvgIpc) is 2.25. The summed E-state index contributed by atoms with van der Waals surface area (Å²) < 4.78 is 10.6. The lowest BCUT2D eigenvalue weighted by Crippen LogP contribution is -2.07. The summed E-state index contributed by atoms with van der Waals surface area (Å²) >= 11 is 0. The van der Waals surface area contributed by atoms with E-state index in [2.05, 4.69) is 26.8 Å². The van der Waals surface area contributed by atoms with Gasteiger partial charge in [0.1, 0.15) is 11.5 Å². The molecule has 1 rings (SSSR count). The van der Waals surface area contributed by atoms with Gasteiger partial charge in [-0.15, -0.1) is 0 Å². The van der Waals surface area contributed by atoms with Crippen LogP contribution in [0.4, 0.5) is 0 Å². The normalized spacial score (nSPS) is 11.3. The van der Waals surface area contributed by atoms with E-state index in [1.54, 1.807) is 14.2 Å². The van der Waals surface area contributed by atoms with E-state index in [9.17, 15) is 0 Å². The Morgan fingerprint density at radius 2 is 1.75 bits per heavy atom. The molecule has 2 heteroatoms. The van der Waals surface area contributed by atoms with Crippen LogP contribution < -0.4 is 9.47 Å². The lowest BCUT2D eigenvalue weighted by atomic mass is 9.88. The molecule has 1 aromatic rings. The van der Waals surface area contributed by atoms with Crippen LogP contribution in [0.2, 0.25) is 0 Å². The minimum atomic E-state index is 0.341. The minimum absolute atomic E-state index is 0.341. The number of hydrogen-bond acceptors (Lipinski definition) is 2. The first-order chi connectivity index (χ1) is 7.46. The highest BCUT2D eigenvalue weighted by molar-refractivity contribution is 5.40. The summed E-state index contributed by atoms with van der Waals surface area (Å²) in [4.78, 5) is 0. The highest BCUT2D eigenvalue weighted by Crippen LogP contribution is 2.28. The Bertz CT molecular complexity index is 337. The number of benzene rings is 1.